The smallest absolute Gasteiger partial charge is 0.331 e. The molecule has 4 heteroatoms. The molecule has 0 fully saturated rings. The minimum absolute atomic E-state index is 0.243. The van der Waals surface area contributed by atoms with Crippen molar-refractivity contribution in [2.75, 3.05) is 0 Å². The second-order valence-corrected chi connectivity index (χ2v) is 4.86. The standard InChI is InChI=1S/C18H26O4/c1-3-5-7-9-11-15(17(19)20)13-14-16(18(21)22)12-10-8-6-4-2/h3-6,11-12H,7-10,13-14H2,1-2H3,(H,19,20)(H,21,22). The van der Waals surface area contributed by atoms with Crippen LogP contribution in [0.1, 0.15) is 52.4 Å². The number of hydrogen-bond donors (Lipinski definition) is 2. The van der Waals surface area contributed by atoms with Crippen LogP contribution < -0.4 is 0 Å². The summed E-state index contributed by atoms with van der Waals surface area (Å²) in [7, 11) is 0. The SMILES string of the molecule is CC=CCCC=C(CCC(=CCCC=CC)C(=O)O)C(=O)O. The molecule has 0 aliphatic heterocycles. The van der Waals surface area contributed by atoms with E-state index in [1.165, 1.54) is 0 Å². The second kappa shape index (κ2) is 12.6. The Morgan fingerprint density at radius 3 is 1.36 bits per heavy atom. The molecule has 0 heterocycles. The summed E-state index contributed by atoms with van der Waals surface area (Å²) >= 11 is 0. The van der Waals surface area contributed by atoms with Gasteiger partial charge >= 0.3 is 11.9 Å². The Balaban J connectivity index is 4.63. The van der Waals surface area contributed by atoms with Gasteiger partial charge in [-0.3, -0.25) is 0 Å². The van der Waals surface area contributed by atoms with Crippen LogP contribution in [0.25, 0.3) is 0 Å². The molecule has 0 spiro atoms. The number of aliphatic carboxylic acids is 2. The molecule has 0 atom stereocenters. The van der Waals surface area contributed by atoms with Crippen molar-refractivity contribution >= 4 is 11.9 Å². The predicted molar refractivity (Wildman–Crippen MR) is 88.8 cm³/mol. The molecule has 0 aromatic carbocycles. The summed E-state index contributed by atoms with van der Waals surface area (Å²) in [6, 6.07) is 0. The van der Waals surface area contributed by atoms with Crippen LogP contribution in [0.2, 0.25) is 0 Å². The fourth-order valence-corrected chi connectivity index (χ4v) is 1.90. The summed E-state index contributed by atoms with van der Waals surface area (Å²) in [5.41, 5.74) is 0.565. The van der Waals surface area contributed by atoms with Gasteiger partial charge in [-0.25, -0.2) is 9.59 Å². The number of allylic oxidation sites excluding steroid dienone is 6. The molecule has 0 radical (unpaired) electrons. The highest BCUT2D eigenvalue weighted by molar-refractivity contribution is 5.88. The van der Waals surface area contributed by atoms with Crippen molar-refractivity contribution in [1.29, 1.82) is 0 Å². The van der Waals surface area contributed by atoms with Crippen molar-refractivity contribution in [2.24, 2.45) is 0 Å². The van der Waals surface area contributed by atoms with E-state index in [9.17, 15) is 9.59 Å². The molecule has 0 aliphatic rings. The Kier molecular flexibility index (Phi) is 11.4. The largest absolute Gasteiger partial charge is 0.478 e. The second-order valence-electron chi connectivity index (χ2n) is 4.86. The molecule has 0 saturated carbocycles. The van der Waals surface area contributed by atoms with Crippen molar-refractivity contribution in [1.82, 2.24) is 0 Å². The fraction of sp³-hybridized carbons (Fsp3) is 0.444. The van der Waals surface area contributed by atoms with Crippen LogP contribution >= 0.6 is 0 Å². The monoisotopic (exact) mass is 306 g/mol. The molecule has 122 valence electrons. The molecule has 0 saturated heterocycles. The van der Waals surface area contributed by atoms with Gasteiger partial charge in [-0.1, -0.05) is 36.5 Å². The first kappa shape index (κ1) is 19.9. The maximum Gasteiger partial charge on any atom is 0.331 e. The summed E-state index contributed by atoms with van der Waals surface area (Å²) < 4.78 is 0. The molecule has 0 aromatic rings. The van der Waals surface area contributed by atoms with Crippen LogP contribution in [0.15, 0.2) is 47.6 Å². The van der Waals surface area contributed by atoms with Gasteiger partial charge in [0.1, 0.15) is 0 Å². The number of unbranched alkanes of at least 4 members (excludes halogenated alkanes) is 2. The Morgan fingerprint density at radius 1 is 0.727 bits per heavy atom. The van der Waals surface area contributed by atoms with Crippen LogP contribution in [0.4, 0.5) is 0 Å². The number of carboxylic acid groups (broad SMARTS) is 2. The van der Waals surface area contributed by atoms with Gasteiger partial charge < -0.3 is 10.2 Å². The summed E-state index contributed by atoms with van der Waals surface area (Å²) in [5.74, 6) is -1.95. The van der Waals surface area contributed by atoms with Gasteiger partial charge in [0.15, 0.2) is 0 Å². The fourth-order valence-electron chi connectivity index (χ4n) is 1.90. The summed E-state index contributed by atoms with van der Waals surface area (Å²) in [4.78, 5) is 22.4. The van der Waals surface area contributed by atoms with E-state index in [0.717, 1.165) is 12.8 Å². The van der Waals surface area contributed by atoms with Crippen LogP contribution in [0, 0.1) is 0 Å². The Bertz CT molecular complexity index is 423. The van der Waals surface area contributed by atoms with E-state index >= 15 is 0 Å². The van der Waals surface area contributed by atoms with Crippen LogP contribution in [-0.2, 0) is 9.59 Å². The van der Waals surface area contributed by atoms with Crippen molar-refractivity contribution in [3.63, 3.8) is 0 Å². The Morgan fingerprint density at radius 2 is 1.09 bits per heavy atom. The zero-order chi connectivity index (χ0) is 16.8. The van der Waals surface area contributed by atoms with E-state index in [0.29, 0.717) is 12.8 Å². The maximum absolute atomic E-state index is 11.2. The number of hydrogen-bond acceptors (Lipinski definition) is 2. The van der Waals surface area contributed by atoms with Gasteiger partial charge in [-0.15, -0.1) is 0 Å². The third-order valence-electron chi connectivity index (χ3n) is 3.13. The average molecular weight is 306 g/mol. The highest BCUT2D eigenvalue weighted by atomic mass is 16.4. The summed E-state index contributed by atoms with van der Waals surface area (Å²) in [6.07, 6.45) is 14.5. The maximum atomic E-state index is 11.2. The first-order chi connectivity index (χ1) is 10.5. The molecule has 0 rings (SSSR count). The van der Waals surface area contributed by atoms with E-state index in [1.807, 2.05) is 38.2 Å². The van der Waals surface area contributed by atoms with Gasteiger partial charge in [0.25, 0.3) is 0 Å². The lowest BCUT2D eigenvalue weighted by Crippen LogP contribution is -2.05. The highest BCUT2D eigenvalue weighted by Gasteiger charge is 2.12. The molecule has 2 N–H and O–H groups in total. The quantitative estimate of drug-likeness (QED) is 0.335. The Hall–Kier alpha value is -2.10. The van der Waals surface area contributed by atoms with Gasteiger partial charge in [-0.05, 0) is 52.4 Å². The van der Waals surface area contributed by atoms with E-state index in [4.69, 9.17) is 10.2 Å². The van der Waals surface area contributed by atoms with E-state index in [2.05, 4.69) is 0 Å². The molecule has 0 bridgehead atoms. The van der Waals surface area contributed by atoms with Crippen LogP contribution in [0.3, 0.4) is 0 Å². The molecule has 0 unspecified atom stereocenters. The van der Waals surface area contributed by atoms with Gasteiger partial charge in [-0.2, -0.15) is 0 Å². The molecule has 22 heavy (non-hydrogen) atoms. The van der Waals surface area contributed by atoms with Crippen molar-refractivity contribution in [3.8, 4) is 0 Å². The van der Waals surface area contributed by atoms with E-state index < -0.39 is 11.9 Å². The predicted octanol–water partition coefficient (Wildman–Crippen LogP) is 4.50. The van der Waals surface area contributed by atoms with E-state index in [1.54, 1.807) is 12.2 Å². The number of carbonyl (C=O) groups is 2. The molecule has 0 aromatic heterocycles. The lowest BCUT2D eigenvalue weighted by atomic mass is 10.0. The highest BCUT2D eigenvalue weighted by Crippen LogP contribution is 2.15. The van der Waals surface area contributed by atoms with E-state index in [-0.39, 0.29) is 24.0 Å². The van der Waals surface area contributed by atoms with Gasteiger partial charge in [0.2, 0.25) is 0 Å². The Labute approximate surface area is 132 Å². The summed E-state index contributed by atoms with van der Waals surface area (Å²) in [5, 5.41) is 18.3. The van der Waals surface area contributed by atoms with Crippen molar-refractivity contribution in [3.05, 3.63) is 47.6 Å². The van der Waals surface area contributed by atoms with Crippen molar-refractivity contribution in [2.45, 2.75) is 52.4 Å². The zero-order valence-electron chi connectivity index (χ0n) is 13.4. The summed E-state index contributed by atoms with van der Waals surface area (Å²) in [6.45, 7) is 3.83. The molecule has 0 amide bonds. The number of rotatable bonds is 11. The van der Waals surface area contributed by atoms with Crippen LogP contribution in [-0.4, -0.2) is 22.2 Å². The number of carboxylic acids is 2. The van der Waals surface area contributed by atoms with Gasteiger partial charge in [0, 0.05) is 11.1 Å². The molecular formula is C18H26O4. The van der Waals surface area contributed by atoms with Crippen molar-refractivity contribution < 1.29 is 19.8 Å². The minimum Gasteiger partial charge on any atom is -0.478 e. The first-order valence-electron chi connectivity index (χ1n) is 7.59. The third kappa shape index (κ3) is 9.75. The lowest BCUT2D eigenvalue weighted by molar-refractivity contribution is -0.134. The molecular weight excluding hydrogens is 280 g/mol. The third-order valence-corrected chi connectivity index (χ3v) is 3.13. The minimum atomic E-state index is -0.973. The zero-order valence-corrected chi connectivity index (χ0v) is 13.4. The van der Waals surface area contributed by atoms with Crippen LogP contribution in [0.5, 0.6) is 0 Å². The normalized spacial score (nSPS) is 13.2. The molecule has 4 nitrogen and oxygen atoms in total. The first-order valence-corrected chi connectivity index (χ1v) is 7.59. The van der Waals surface area contributed by atoms with Gasteiger partial charge in [0.05, 0.1) is 0 Å². The topological polar surface area (TPSA) is 74.6 Å². The average Bonchev–Trinajstić information content (AvgIpc) is 2.47. The lowest BCUT2D eigenvalue weighted by Gasteiger charge is -2.04. The molecule has 0 aliphatic carbocycles.